The van der Waals surface area contributed by atoms with Crippen LogP contribution in [0.3, 0.4) is 0 Å². The number of nitrogens with two attached hydrogens (primary N) is 3. The van der Waals surface area contributed by atoms with Crippen LogP contribution in [0.25, 0.3) is 12.2 Å². The van der Waals surface area contributed by atoms with Crippen molar-refractivity contribution >= 4 is 76.1 Å². The Hall–Kier alpha value is -8.60. The summed E-state index contributed by atoms with van der Waals surface area (Å²) in [6, 6.07) is 18.4. The van der Waals surface area contributed by atoms with Gasteiger partial charge in [-0.25, -0.2) is 23.2 Å². The molecule has 0 aliphatic carbocycles. The maximum absolute atomic E-state index is 15.1. The van der Waals surface area contributed by atoms with Crippen LogP contribution in [0.15, 0.2) is 100 Å². The third kappa shape index (κ3) is 16.4. The monoisotopic (exact) mass is 1160 g/mol. The second kappa shape index (κ2) is 28.8. The minimum Gasteiger partial charge on any atom is -0.387 e. The number of amides is 5. The molecule has 4 aliphatic heterocycles. The molecule has 3 aromatic carbocycles. The van der Waals surface area contributed by atoms with Crippen LogP contribution >= 0.6 is 0 Å². The van der Waals surface area contributed by atoms with Gasteiger partial charge in [-0.2, -0.15) is 0 Å². The average Bonchev–Trinajstić information content (AvgIpc) is 3.13. The van der Waals surface area contributed by atoms with Gasteiger partial charge in [0, 0.05) is 129 Å². The van der Waals surface area contributed by atoms with Crippen molar-refractivity contribution < 1.29 is 37.1 Å². The number of fused-ring (bicyclic) bond motifs is 4. The molecule has 0 saturated heterocycles. The normalized spacial score (nSPS) is 14.5. The minimum absolute atomic E-state index is 0.0478. The molecular weight excluding hydrogens is 1090 g/mol. The number of anilines is 2. The molecule has 6 heterocycles. The molecule has 0 radical (unpaired) electrons. The van der Waals surface area contributed by atoms with Gasteiger partial charge in [-0.05, 0) is 103 Å². The Morgan fingerprint density at radius 3 is 1.82 bits per heavy atom. The Kier molecular flexibility index (Phi) is 21.2. The van der Waals surface area contributed by atoms with Crippen LogP contribution in [0.2, 0.25) is 0 Å². The lowest BCUT2D eigenvalue weighted by atomic mass is 10.0. The van der Waals surface area contributed by atoms with Crippen molar-refractivity contribution in [2.24, 2.45) is 27.2 Å². The summed E-state index contributed by atoms with van der Waals surface area (Å²) in [5, 5.41) is 11.2. The number of alkyl halides is 2. The molecule has 22 heteroatoms. The van der Waals surface area contributed by atoms with E-state index in [0.29, 0.717) is 96.7 Å². The molecule has 0 unspecified atom stereocenters. The maximum atomic E-state index is 15.1. The number of pyridine rings is 2. The molecule has 5 aromatic rings. The molecule has 85 heavy (non-hydrogen) atoms. The van der Waals surface area contributed by atoms with Gasteiger partial charge in [0.1, 0.15) is 17.5 Å². The van der Waals surface area contributed by atoms with Crippen molar-refractivity contribution in [3.05, 3.63) is 152 Å². The fourth-order valence-electron chi connectivity index (χ4n) is 10.4. The van der Waals surface area contributed by atoms with Crippen LogP contribution in [0.1, 0.15) is 136 Å². The first kappa shape index (κ1) is 62.4. The predicted molar refractivity (Wildman–Crippen MR) is 325 cm³/mol. The molecule has 9 rings (SSSR count). The molecule has 5 amide bonds. The third-order valence-electron chi connectivity index (χ3n) is 14.7. The maximum Gasteiger partial charge on any atom is 0.277 e. The smallest absolute Gasteiger partial charge is 0.277 e. The van der Waals surface area contributed by atoms with E-state index in [1.165, 1.54) is 12.1 Å². The van der Waals surface area contributed by atoms with E-state index >= 15 is 4.39 Å². The highest BCUT2D eigenvalue weighted by Gasteiger charge is 2.29. The number of aromatic nitrogens is 2. The first-order valence-corrected chi connectivity index (χ1v) is 29.0. The van der Waals surface area contributed by atoms with Gasteiger partial charge >= 0.3 is 0 Å². The highest BCUT2D eigenvalue weighted by Crippen LogP contribution is 2.32. The summed E-state index contributed by atoms with van der Waals surface area (Å²) in [6.07, 6.45) is 12.0. The summed E-state index contributed by atoms with van der Waals surface area (Å²) < 4.78 is 41.9. The average molecular weight is 1170 g/mol. The summed E-state index contributed by atoms with van der Waals surface area (Å²) in [5.41, 5.74) is 26.9. The summed E-state index contributed by atoms with van der Waals surface area (Å²) in [7, 11) is 0. The Morgan fingerprint density at radius 2 is 1.22 bits per heavy atom. The zero-order valence-corrected chi connectivity index (χ0v) is 48.6. The molecule has 448 valence electrons. The van der Waals surface area contributed by atoms with Crippen molar-refractivity contribution in [2.45, 2.75) is 105 Å². The molecular formula is C63H75F3N14O5. The molecule has 4 aliphatic rings. The molecule has 19 nitrogen and oxygen atoms in total. The first-order chi connectivity index (χ1) is 40.9. The predicted octanol–water partition coefficient (Wildman–Crippen LogP) is 8.18. The molecule has 0 bridgehead atoms. The zero-order chi connectivity index (χ0) is 60.8. The van der Waals surface area contributed by atoms with Gasteiger partial charge in [-0.15, -0.1) is 0 Å². The Bertz CT molecular complexity index is 3430. The Labute approximate surface area is 493 Å². The SMILES string of the molecule is CCCN(CCC)C(=O)C1=Cc2cc(F)c(C(=O)Nc3cnc4c(c3)CNCC4)cc2N=C(N)C1.CCCN(CCC)C(=O)C1=Cc2ccc(C(=O)Nc3cnc4c(c3)CN(Cc3ccc(C(=O)NCC(F)(F)CN)cc3)CC4)cc2N=C(N)C1. The fraction of sp³-hybridized carbons (Fsp3) is 0.381. The van der Waals surface area contributed by atoms with E-state index in [9.17, 15) is 32.8 Å². The molecule has 0 spiro atoms. The summed E-state index contributed by atoms with van der Waals surface area (Å²) >= 11 is 0. The van der Waals surface area contributed by atoms with Gasteiger partial charge in [0.15, 0.2) is 0 Å². The number of aliphatic imine (C=N–C) groups is 2. The number of benzene rings is 3. The number of nitrogens with zero attached hydrogens (tertiary/aromatic N) is 7. The largest absolute Gasteiger partial charge is 0.387 e. The quantitative estimate of drug-likeness (QED) is 0.0389. The van der Waals surface area contributed by atoms with E-state index < -0.39 is 36.6 Å². The Morgan fingerprint density at radius 1 is 0.671 bits per heavy atom. The van der Waals surface area contributed by atoms with Crippen LogP contribution in [0, 0.1) is 5.82 Å². The number of nitrogens with one attached hydrogen (secondary N) is 4. The van der Waals surface area contributed by atoms with Crippen molar-refractivity contribution in [2.75, 3.05) is 63.0 Å². The van der Waals surface area contributed by atoms with Gasteiger partial charge in [0.05, 0.1) is 53.8 Å². The van der Waals surface area contributed by atoms with Crippen LogP contribution in [-0.4, -0.2) is 124 Å². The van der Waals surface area contributed by atoms with Gasteiger partial charge in [0.25, 0.3) is 23.6 Å². The number of halogens is 3. The first-order valence-electron chi connectivity index (χ1n) is 29.0. The number of carbonyl (C=O) groups is 5. The Balaban J connectivity index is 0.000000235. The van der Waals surface area contributed by atoms with Crippen LogP contribution in [0.5, 0.6) is 0 Å². The van der Waals surface area contributed by atoms with Crippen molar-refractivity contribution in [1.82, 2.24) is 35.3 Å². The molecule has 2 aromatic heterocycles. The van der Waals surface area contributed by atoms with Crippen molar-refractivity contribution in [3.8, 4) is 0 Å². The highest BCUT2D eigenvalue weighted by atomic mass is 19.3. The van der Waals surface area contributed by atoms with Crippen LogP contribution < -0.4 is 38.5 Å². The van der Waals surface area contributed by atoms with E-state index in [1.807, 2.05) is 50.8 Å². The van der Waals surface area contributed by atoms with Gasteiger partial charge in [0.2, 0.25) is 11.8 Å². The number of hydrogen-bond acceptors (Lipinski definition) is 14. The summed E-state index contributed by atoms with van der Waals surface area (Å²) in [4.78, 5) is 88.8. The zero-order valence-electron chi connectivity index (χ0n) is 48.6. The van der Waals surface area contributed by atoms with Gasteiger partial charge in [-0.1, -0.05) is 45.9 Å². The van der Waals surface area contributed by atoms with E-state index in [-0.39, 0.29) is 47.5 Å². The lowest BCUT2D eigenvalue weighted by Gasteiger charge is -2.28. The number of amidine groups is 2. The second-order valence-corrected chi connectivity index (χ2v) is 21.5. The standard InChI is InChI=1S/C37H44F2N8O3.C26H31FN6O2/c1-3-12-47(13-4-2)36(50)28-15-26-9-10-27(17-32(26)45-33(41)18-28)35(49)44-30-16-29-21-46(14-11-31(29)42-19-30)20-24-5-7-25(8-6-24)34(48)43-23-37(38,39)22-40;1-3-7-33(8-4-2)26(35)17-9-16-11-21(27)20(13-23(16)32-24(28)12-17)25(34)31-19-10-18-14-29-6-5-22(18)30-15-19/h5-10,15-17,19H,3-4,11-14,18,20-23,40H2,1-2H3,(H2,41,45)(H,43,48)(H,44,49);9-11,13,15,29H,3-8,12,14H2,1-2H3,(H2,28,32)(H,31,34). The fourth-order valence-corrected chi connectivity index (χ4v) is 10.4. The topological polar surface area (TPSA) is 272 Å². The molecule has 10 N–H and O–H groups in total. The number of hydrogen-bond donors (Lipinski definition) is 7. The van der Waals surface area contributed by atoms with E-state index in [0.717, 1.165) is 85.3 Å². The van der Waals surface area contributed by atoms with Crippen molar-refractivity contribution in [3.63, 3.8) is 0 Å². The van der Waals surface area contributed by atoms with Crippen LogP contribution in [0.4, 0.5) is 35.9 Å². The molecule has 0 saturated carbocycles. The molecule has 0 fully saturated rings. The van der Waals surface area contributed by atoms with Gasteiger partial charge < -0.3 is 48.3 Å². The molecule has 0 atom stereocenters. The number of rotatable bonds is 20. The minimum atomic E-state index is -3.15. The lowest BCUT2D eigenvalue weighted by Crippen LogP contribution is -2.41. The van der Waals surface area contributed by atoms with E-state index in [2.05, 4.69) is 46.1 Å². The number of carbonyl (C=O) groups excluding carboxylic acids is 5. The van der Waals surface area contributed by atoms with E-state index in [1.54, 1.807) is 65.8 Å². The second-order valence-electron chi connectivity index (χ2n) is 21.5. The van der Waals surface area contributed by atoms with Crippen molar-refractivity contribution in [1.29, 1.82) is 0 Å². The van der Waals surface area contributed by atoms with E-state index in [4.69, 9.17) is 17.2 Å². The van der Waals surface area contributed by atoms with Gasteiger partial charge in [-0.3, -0.25) is 38.8 Å². The summed E-state index contributed by atoms with van der Waals surface area (Å²) in [5.74, 6) is -5.00. The highest BCUT2D eigenvalue weighted by molar-refractivity contribution is 6.09. The summed E-state index contributed by atoms with van der Waals surface area (Å²) in [6.45, 7) is 12.6. The lowest BCUT2D eigenvalue weighted by molar-refractivity contribution is -0.128. The van der Waals surface area contributed by atoms with Crippen LogP contribution in [-0.2, 0) is 42.1 Å². The third-order valence-corrected chi connectivity index (χ3v) is 14.7.